The highest BCUT2D eigenvalue weighted by molar-refractivity contribution is 8.00. The van der Waals surface area contributed by atoms with E-state index >= 15 is 0 Å². The fourth-order valence-corrected chi connectivity index (χ4v) is 15.2. The van der Waals surface area contributed by atoms with Crippen LogP contribution < -0.4 is 0 Å². The van der Waals surface area contributed by atoms with Crippen molar-refractivity contribution in [2.24, 2.45) is 10.2 Å². The Balaban J connectivity index is 0.000000704. The van der Waals surface area contributed by atoms with E-state index in [1.54, 1.807) is 35.9 Å². The number of thioether (sulfide) groups is 2. The maximum Gasteiger partial charge on any atom is 0.187 e. The van der Waals surface area contributed by atoms with Crippen LogP contribution in [0.3, 0.4) is 0 Å². The highest BCUT2D eigenvalue weighted by Gasteiger charge is 2.30. The average molecular weight is 1050 g/mol. The summed E-state index contributed by atoms with van der Waals surface area (Å²) in [5, 5.41) is 9.24. The molecule has 0 saturated carbocycles. The molecule has 0 atom stereocenters. The topological polar surface area (TPSA) is 269 Å². The van der Waals surface area contributed by atoms with E-state index in [9.17, 15) is 0 Å². The van der Waals surface area contributed by atoms with Gasteiger partial charge >= 0.3 is 0 Å². The predicted molar refractivity (Wildman–Crippen MR) is 269 cm³/mol. The van der Waals surface area contributed by atoms with Crippen molar-refractivity contribution < 1.29 is 61.0 Å². The monoisotopic (exact) mass is 1050 g/mol. The van der Waals surface area contributed by atoms with E-state index in [-0.39, 0.29) is 0 Å². The Kier molecular flexibility index (Phi) is 43.4. The van der Waals surface area contributed by atoms with Gasteiger partial charge in [-0.2, -0.15) is 0 Å². The fourth-order valence-electron chi connectivity index (χ4n) is 5.09. The summed E-state index contributed by atoms with van der Waals surface area (Å²) in [6, 6.07) is 0. The van der Waals surface area contributed by atoms with Crippen LogP contribution in [0.25, 0.3) is 20.9 Å². The fraction of sp³-hybridized carbons (Fsp3) is 0.810. The summed E-state index contributed by atoms with van der Waals surface area (Å²) in [7, 11) is -3.25. The van der Waals surface area contributed by atoms with Gasteiger partial charge in [0.1, 0.15) is 0 Å². The molecule has 0 aliphatic rings. The maximum atomic E-state index is 8.13. The first-order valence-corrected chi connectivity index (χ1v) is 31.6. The minimum Gasteiger partial charge on any atom is -0.455 e. The lowest BCUT2D eigenvalue weighted by atomic mass is 10.4. The van der Waals surface area contributed by atoms with Crippen molar-refractivity contribution in [2.45, 2.75) is 63.2 Å². The molecule has 0 saturated heterocycles. The van der Waals surface area contributed by atoms with Gasteiger partial charge in [-0.1, -0.05) is 40.7 Å². The van der Waals surface area contributed by atoms with Crippen molar-refractivity contribution in [3.63, 3.8) is 0 Å². The number of azide groups is 2. The highest BCUT2D eigenvalue weighted by atomic mass is 32.2. The van der Waals surface area contributed by atoms with E-state index in [4.69, 9.17) is 72.0 Å². The van der Waals surface area contributed by atoms with Crippen LogP contribution >= 0.6 is 23.5 Å². The Bertz CT molecular complexity index is 1580. The van der Waals surface area contributed by atoms with Crippen LogP contribution in [0.4, 0.5) is 0 Å². The molecule has 0 fully saturated rings. The van der Waals surface area contributed by atoms with E-state index in [0.717, 1.165) is 32.6 Å². The van der Waals surface area contributed by atoms with Crippen LogP contribution in [0.1, 0.15) is 18.1 Å². The van der Waals surface area contributed by atoms with Crippen LogP contribution in [-0.2, 0) is 74.2 Å². The van der Waals surface area contributed by atoms with Crippen LogP contribution in [0.2, 0.25) is 32.7 Å². The summed E-state index contributed by atoms with van der Waals surface area (Å²) in [6.07, 6.45) is 7.21. The van der Waals surface area contributed by atoms with Crippen molar-refractivity contribution in [3.8, 4) is 0 Å². The lowest BCUT2D eigenvalue weighted by molar-refractivity contribution is -0.0174. The number of hydrogen-bond donors (Lipinski definition) is 0. The Morgan fingerprint density at radius 2 is 0.710 bits per heavy atom. The molecule has 0 radical (unpaired) electrons. The molecular formula is C42H78N10O13S2Si2. The van der Waals surface area contributed by atoms with E-state index in [0.29, 0.717) is 172 Å². The average Bonchev–Trinajstić information content (AvgIpc) is 3.32. The van der Waals surface area contributed by atoms with Crippen LogP contribution in [-0.4, -0.2) is 206 Å². The minimum absolute atomic E-state index is 0.332. The second-order valence-corrected chi connectivity index (χ2v) is 27.2. The van der Waals surface area contributed by atoms with Gasteiger partial charge in [0.25, 0.3) is 0 Å². The Morgan fingerprint density at radius 1 is 0.435 bits per heavy atom. The first kappa shape index (κ1) is 64.4. The summed E-state index contributed by atoms with van der Waals surface area (Å²) < 4.78 is 71.4. The third-order valence-corrected chi connectivity index (χ3v) is 17.1. The SMILES string of the molecule is CCSc1ncc(COCCOCCOCCOCCOCCOCCN=[N+]=[N-])cn1.C[Si](C)(C)O[Si](C)(C)CSc1ncc(COCCOCCOCCOCCOCCOCCN=[N+]=[N-])cn1. The van der Waals surface area contributed by atoms with E-state index in [1.807, 2.05) is 12.4 Å². The van der Waals surface area contributed by atoms with Crippen molar-refractivity contribution in [1.82, 2.24) is 19.9 Å². The summed E-state index contributed by atoms with van der Waals surface area (Å²) in [5.41, 5.74) is 18.1. The van der Waals surface area contributed by atoms with Gasteiger partial charge in [0.2, 0.25) is 0 Å². The van der Waals surface area contributed by atoms with E-state index < -0.39 is 16.6 Å². The summed E-state index contributed by atoms with van der Waals surface area (Å²) in [5.74, 6) is 0.957. The molecule has 27 heteroatoms. The third-order valence-electron chi connectivity index (χ3n) is 7.82. The zero-order chi connectivity index (χ0) is 50.2. The standard InChI is InChI=1S/C23H45N5O7SSi2.C19H33N5O6S/c1-37(2,3)35-38(4,5)21-36-23-25-18-22(19-26-23)20-34-17-16-33-15-14-32-13-12-31-11-10-30-9-8-29-7-6-27-28-24;1-2-31-19-21-15-18(16-22-19)17-30-14-13-29-12-11-28-10-9-27-8-7-26-6-5-25-4-3-23-24-20/h18-19H,6-17,20-21H2,1-5H3;15-16H,2-14,17H2,1H3. The molecule has 2 aromatic heterocycles. The van der Waals surface area contributed by atoms with Gasteiger partial charge in [0.15, 0.2) is 26.9 Å². The number of nitrogens with zero attached hydrogens (tertiary/aromatic N) is 10. The molecule has 0 aromatic carbocycles. The van der Waals surface area contributed by atoms with Crippen molar-refractivity contribution in [2.75, 3.05) is 170 Å². The summed E-state index contributed by atoms with van der Waals surface area (Å²) in [6.45, 7) is 25.6. The van der Waals surface area contributed by atoms with Crippen LogP contribution in [0.15, 0.2) is 45.3 Å². The predicted octanol–water partition coefficient (Wildman–Crippen LogP) is 6.57. The first-order chi connectivity index (χ1) is 33.6. The number of aromatic nitrogens is 4. The quantitative estimate of drug-likeness (QED) is 0.0129. The molecule has 0 spiro atoms. The molecular weight excluding hydrogens is 973 g/mol. The number of ether oxygens (including phenoxy) is 12. The number of hydrogen-bond acceptors (Lipinski definition) is 21. The Morgan fingerprint density at radius 3 is 0.986 bits per heavy atom. The normalized spacial score (nSPS) is 11.5. The Hall–Kier alpha value is -2.61. The molecule has 2 aromatic rings. The first-order valence-electron chi connectivity index (χ1n) is 23.1. The molecule has 0 unspecified atom stereocenters. The van der Waals surface area contributed by atoms with Crippen molar-refractivity contribution >= 4 is 40.2 Å². The molecule has 0 aliphatic carbocycles. The van der Waals surface area contributed by atoms with Gasteiger partial charge < -0.3 is 61.0 Å². The molecule has 0 amide bonds. The van der Waals surface area contributed by atoms with Gasteiger partial charge in [-0.25, -0.2) is 19.9 Å². The zero-order valence-electron chi connectivity index (χ0n) is 41.7. The minimum atomic E-state index is -1.72. The van der Waals surface area contributed by atoms with Gasteiger partial charge in [0.05, 0.1) is 159 Å². The molecule has 0 N–H and O–H groups in total. The largest absolute Gasteiger partial charge is 0.455 e. The zero-order valence-corrected chi connectivity index (χ0v) is 45.3. The summed E-state index contributed by atoms with van der Waals surface area (Å²) in [4.78, 5) is 22.7. The maximum absolute atomic E-state index is 8.13. The molecule has 394 valence electrons. The Labute approximate surface area is 419 Å². The third kappa shape index (κ3) is 45.0. The summed E-state index contributed by atoms with van der Waals surface area (Å²) >= 11 is 3.28. The van der Waals surface area contributed by atoms with Crippen LogP contribution in [0.5, 0.6) is 0 Å². The second-order valence-electron chi connectivity index (χ2n) is 15.6. The van der Waals surface area contributed by atoms with E-state index in [1.165, 1.54) is 0 Å². The molecule has 0 bridgehead atoms. The second kappa shape index (κ2) is 46.5. The molecule has 2 heterocycles. The molecule has 23 nitrogen and oxygen atoms in total. The van der Waals surface area contributed by atoms with Gasteiger partial charge in [-0.05, 0) is 49.6 Å². The highest BCUT2D eigenvalue weighted by Crippen LogP contribution is 2.22. The lowest BCUT2D eigenvalue weighted by Crippen LogP contribution is -2.44. The van der Waals surface area contributed by atoms with Gasteiger partial charge in [-0.15, -0.1) is 0 Å². The molecule has 0 aliphatic heterocycles. The van der Waals surface area contributed by atoms with E-state index in [2.05, 4.69) is 79.6 Å². The van der Waals surface area contributed by atoms with Gasteiger partial charge in [0, 0.05) is 64.2 Å². The lowest BCUT2D eigenvalue weighted by Gasteiger charge is -2.30. The van der Waals surface area contributed by atoms with Crippen molar-refractivity contribution in [3.05, 3.63) is 56.8 Å². The number of rotatable bonds is 47. The molecule has 69 heavy (non-hydrogen) atoms. The van der Waals surface area contributed by atoms with Gasteiger partial charge in [-0.3, -0.25) is 0 Å². The molecule has 2 rings (SSSR count). The smallest absolute Gasteiger partial charge is 0.187 e. The van der Waals surface area contributed by atoms with Crippen molar-refractivity contribution in [1.29, 1.82) is 0 Å². The van der Waals surface area contributed by atoms with Crippen LogP contribution in [0, 0.1) is 0 Å².